The molecule has 1 fully saturated rings. The van der Waals surface area contributed by atoms with Crippen molar-refractivity contribution in [3.8, 4) is 0 Å². The van der Waals surface area contributed by atoms with Crippen LogP contribution in [0.4, 0.5) is 5.95 Å². The van der Waals surface area contributed by atoms with Gasteiger partial charge in [-0.2, -0.15) is 4.98 Å². The molecule has 5 heteroatoms. The highest BCUT2D eigenvalue weighted by Gasteiger charge is 2.13. The fraction of sp³-hybridized carbons (Fsp3) is 0.538. The van der Waals surface area contributed by atoms with Gasteiger partial charge in [0.25, 0.3) is 0 Å². The molecule has 1 saturated heterocycles. The lowest BCUT2D eigenvalue weighted by Gasteiger charge is -2.09. The van der Waals surface area contributed by atoms with E-state index >= 15 is 0 Å². The van der Waals surface area contributed by atoms with Crippen LogP contribution >= 0.6 is 0 Å². The van der Waals surface area contributed by atoms with Crippen LogP contribution in [0, 0.1) is 6.92 Å². The van der Waals surface area contributed by atoms with Crippen molar-refractivity contribution in [2.45, 2.75) is 32.2 Å². The highest BCUT2D eigenvalue weighted by Crippen LogP contribution is 2.10. The lowest BCUT2D eigenvalue weighted by Crippen LogP contribution is -2.24. The van der Waals surface area contributed by atoms with Crippen LogP contribution in [-0.4, -0.2) is 33.7 Å². The second-order valence-corrected chi connectivity index (χ2v) is 4.95. The Morgan fingerprint density at radius 2 is 2.50 bits per heavy atom. The molecule has 0 aromatic carbocycles. The van der Waals surface area contributed by atoms with Crippen LogP contribution in [0.15, 0.2) is 18.3 Å². The summed E-state index contributed by atoms with van der Waals surface area (Å²) in [6, 6.07) is 4.74. The summed E-state index contributed by atoms with van der Waals surface area (Å²) in [6.45, 7) is 4.15. The van der Waals surface area contributed by atoms with Gasteiger partial charge in [0.15, 0.2) is 5.65 Å². The molecule has 0 bridgehead atoms. The largest absolute Gasteiger partial charge is 0.353 e. The topological polar surface area (TPSA) is 54.2 Å². The fourth-order valence-corrected chi connectivity index (χ4v) is 2.42. The van der Waals surface area contributed by atoms with Gasteiger partial charge in [0, 0.05) is 18.8 Å². The van der Waals surface area contributed by atoms with E-state index in [0.29, 0.717) is 6.04 Å². The minimum atomic E-state index is 0.664. The monoisotopic (exact) mass is 245 g/mol. The van der Waals surface area contributed by atoms with Crippen molar-refractivity contribution in [3.05, 3.63) is 23.9 Å². The molecule has 0 spiro atoms. The molecule has 0 aliphatic carbocycles. The lowest BCUT2D eigenvalue weighted by molar-refractivity contribution is 0.573. The van der Waals surface area contributed by atoms with Gasteiger partial charge in [-0.15, -0.1) is 5.10 Å². The second kappa shape index (κ2) is 4.94. The SMILES string of the molecule is Cc1ccn2nc(NCC[C@H]3CCCN3)nc2c1. The van der Waals surface area contributed by atoms with Crippen molar-refractivity contribution in [1.82, 2.24) is 19.9 Å². The van der Waals surface area contributed by atoms with E-state index < -0.39 is 0 Å². The number of nitrogens with zero attached hydrogens (tertiary/aromatic N) is 3. The zero-order valence-corrected chi connectivity index (χ0v) is 10.7. The molecule has 1 atom stereocenters. The predicted molar refractivity (Wildman–Crippen MR) is 71.9 cm³/mol. The number of fused-ring (bicyclic) bond motifs is 1. The van der Waals surface area contributed by atoms with E-state index in [1.54, 1.807) is 0 Å². The predicted octanol–water partition coefficient (Wildman–Crippen LogP) is 1.59. The molecule has 0 unspecified atom stereocenters. The molecule has 2 aromatic heterocycles. The molecule has 0 amide bonds. The Morgan fingerprint density at radius 1 is 1.56 bits per heavy atom. The third-order valence-electron chi connectivity index (χ3n) is 3.43. The molecule has 0 saturated carbocycles. The van der Waals surface area contributed by atoms with Gasteiger partial charge in [-0.1, -0.05) is 0 Å². The number of hydrogen-bond acceptors (Lipinski definition) is 4. The minimum Gasteiger partial charge on any atom is -0.353 e. The van der Waals surface area contributed by atoms with Gasteiger partial charge in [-0.05, 0) is 50.4 Å². The van der Waals surface area contributed by atoms with Crippen molar-refractivity contribution < 1.29 is 0 Å². The average molecular weight is 245 g/mol. The first-order chi connectivity index (χ1) is 8.81. The smallest absolute Gasteiger partial charge is 0.243 e. The Morgan fingerprint density at radius 3 is 3.33 bits per heavy atom. The van der Waals surface area contributed by atoms with Gasteiger partial charge >= 0.3 is 0 Å². The molecule has 3 rings (SSSR count). The summed E-state index contributed by atoms with van der Waals surface area (Å²) in [5, 5.41) is 11.2. The van der Waals surface area contributed by atoms with E-state index in [1.807, 2.05) is 22.8 Å². The number of aromatic nitrogens is 3. The van der Waals surface area contributed by atoms with Crippen LogP contribution in [-0.2, 0) is 0 Å². The summed E-state index contributed by atoms with van der Waals surface area (Å²) >= 11 is 0. The first kappa shape index (κ1) is 11.5. The summed E-state index contributed by atoms with van der Waals surface area (Å²) < 4.78 is 1.81. The maximum Gasteiger partial charge on any atom is 0.243 e. The number of pyridine rings is 1. The van der Waals surface area contributed by atoms with Gasteiger partial charge in [-0.3, -0.25) is 0 Å². The molecule has 0 radical (unpaired) electrons. The van der Waals surface area contributed by atoms with Gasteiger partial charge in [-0.25, -0.2) is 4.52 Å². The number of nitrogens with one attached hydrogen (secondary N) is 2. The van der Waals surface area contributed by atoms with Crippen LogP contribution in [0.25, 0.3) is 5.65 Å². The average Bonchev–Trinajstić information content (AvgIpc) is 2.97. The third kappa shape index (κ3) is 2.46. The van der Waals surface area contributed by atoms with Crippen molar-refractivity contribution in [2.24, 2.45) is 0 Å². The Kier molecular flexibility index (Phi) is 3.15. The maximum absolute atomic E-state index is 4.46. The summed E-state index contributed by atoms with van der Waals surface area (Å²) in [5.74, 6) is 0.721. The molecule has 1 aliphatic rings. The van der Waals surface area contributed by atoms with E-state index in [4.69, 9.17) is 0 Å². The van der Waals surface area contributed by atoms with E-state index in [9.17, 15) is 0 Å². The quantitative estimate of drug-likeness (QED) is 0.859. The Bertz CT molecular complexity index is 527. The number of rotatable bonds is 4. The normalized spacial score (nSPS) is 19.5. The summed E-state index contributed by atoms with van der Waals surface area (Å²) in [7, 11) is 0. The number of anilines is 1. The molecule has 96 valence electrons. The van der Waals surface area contributed by atoms with Crippen molar-refractivity contribution in [1.29, 1.82) is 0 Å². The zero-order valence-electron chi connectivity index (χ0n) is 10.7. The highest BCUT2D eigenvalue weighted by molar-refractivity contribution is 5.45. The Labute approximate surface area is 107 Å². The number of hydrogen-bond donors (Lipinski definition) is 2. The first-order valence-electron chi connectivity index (χ1n) is 6.61. The van der Waals surface area contributed by atoms with E-state index in [-0.39, 0.29) is 0 Å². The lowest BCUT2D eigenvalue weighted by atomic mass is 10.2. The molecular formula is C13H19N5. The summed E-state index contributed by atoms with van der Waals surface area (Å²) in [5.41, 5.74) is 2.10. The van der Waals surface area contributed by atoms with Gasteiger partial charge in [0.05, 0.1) is 0 Å². The highest BCUT2D eigenvalue weighted by atomic mass is 15.3. The second-order valence-electron chi connectivity index (χ2n) is 4.95. The molecule has 2 aromatic rings. The standard InChI is InChI=1S/C13H19N5/c1-10-5-8-18-12(9-10)16-13(17-18)15-7-4-11-3-2-6-14-11/h5,8-9,11,14H,2-4,6-7H2,1H3,(H,15,17)/t11-/m1/s1. The summed E-state index contributed by atoms with van der Waals surface area (Å²) in [4.78, 5) is 4.46. The van der Waals surface area contributed by atoms with E-state index in [0.717, 1.165) is 31.1 Å². The molecule has 3 heterocycles. The van der Waals surface area contributed by atoms with Crippen LogP contribution in [0.1, 0.15) is 24.8 Å². The van der Waals surface area contributed by atoms with Gasteiger partial charge < -0.3 is 10.6 Å². The molecule has 2 N–H and O–H groups in total. The van der Waals surface area contributed by atoms with Crippen LogP contribution in [0.2, 0.25) is 0 Å². The summed E-state index contributed by atoms with van der Waals surface area (Å²) in [6.07, 6.45) is 5.67. The first-order valence-corrected chi connectivity index (χ1v) is 6.61. The van der Waals surface area contributed by atoms with Crippen LogP contribution < -0.4 is 10.6 Å². The Hall–Kier alpha value is -1.62. The van der Waals surface area contributed by atoms with Crippen molar-refractivity contribution in [2.75, 3.05) is 18.4 Å². The fourth-order valence-electron chi connectivity index (χ4n) is 2.42. The molecule has 5 nitrogen and oxygen atoms in total. The van der Waals surface area contributed by atoms with Crippen LogP contribution in [0.3, 0.4) is 0 Å². The number of aryl methyl sites for hydroxylation is 1. The van der Waals surface area contributed by atoms with Gasteiger partial charge in [0.2, 0.25) is 5.95 Å². The van der Waals surface area contributed by atoms with Crippen molar-refractivity contribution >= 4 is 11.6 Å². The molecule has 18 heavy (non-hydrogen) atoms. The molecule has 1 aliphatic heterocycles. The van der Waals surface area contributed by atoms with E-state index in [2.05, 4.69) is 27.6 Å². The molecular weight excluding hydrogens is 226 g/mol. The van der Waals surface area contributed by atoms with Gasteiger partial charge in [0.1, 0.15) is 0 Å². The van der Waals surface area contributed by atoms with Crippen molar-refractivity contribution in [3.63, 3.8) is 0 Å². The third-order valence-corrected chi connectivity index (χ3v) is 3.43. The van der Waals surface area contributed by atoms with E-state index in [1.165, 1.54) is 18.4 Å². The maximum atomic E-state index is 4.46. The van der Waals surface area contributed by atoms with Crippen LogP contribution in [0.5, 0.6) is 0 Å². The minimum absolute atomic E-state index is 0.664. The zero-order chi connectivity index (χ0) is 12.4. The Balaban J connectivity index is 1.60.